The molecular formula is C20H16ClF3N4O2. The van der Waals surface area contributed by atoms with Gasteiger partial charge < -0.3 is 14.2 Å². The first-order valence-electron chi connectivity index (χ1n) is 8.57. The number of fused-ring (bicyclic) bond motifs is 1. The van der Waals surface area contributed by atoms with Crippen LogP contribution in [0.4, 0.5) is 13.2 Å². The molecule has 0 saturated carbocycles. The summed E-state index contributed by atoms with van der Waals surface area (Å²) in [6, 6.07) is 8.94. The number of hydrogen-bond donors (Lipinski definition) is 1. The van der Waals surface area contributed by atoms with Gasteiger partial charge in [0.1, 0.15) is 12.4 Å². The highest BCUT2D eigenvalue weighted by molar-refractivity contribution is 5.85. The monoisotopic (exact) mass is 436 g/mol. The molecule has 0 aliphatic carbocycles. The summed E-state index contributed by atoms with van der Waals surface area (Å²) in [5, 5.41) is 3.88. The van der Waals surface area contributed by atoms with Crippen LogP contribution < -0.4 is 4.74 Å². The molecule has 4 aromatic rings. The Morgan fingerprint density at radius 2 is 1.93 bits per heavy atom. The van der Waals surface area contributed by atoms with Gasteiger partial charge in [-0.2, -0.15) is 18.2 Å². The van der Waals surface area contributed by atoms with E-state index >= 15 is 0 Å². The van der Waals surface area contributed by atoms with Gasteiger partial charge in [0.25, 0.3) is 5.89 Å². The fourth-order valence-electron chi connectivity index (χ4n) is 2.74. The summed E-state index contributed by atoms with van der Waals surface area (Å²) >= 11 is 0. The van der Waals surface area contributed by atoms with Crippen LogP contribution in [0.5, 0.6) is 5.75 Å². The van der Waals surface area contributed by atoms with E-state index in [9.17, 15) is 13.2 Å². The first-order chi connectivity index (χ1) is 13.8. The van der Waals surface area contributed by atoms with Gasteiger partial charge in [0.15, 0.2) is 0 Å². The molecule has 0 atom stereocenters. The number of ether oxygens (including phenoxy) is 1. The quantitative estimate of drug-likeness (QED) is 0.407. The minimum atomic E-state index is -4.60. The SMILES string of the molecule is C=C(C)COc1ccc(-c2nc(-c3ccc4nc[nH]c4c3)no2)cc1C(F)(F)F.Cl. The number of nitrogens with one attached hydrogen (secondary N) is 1. The van der Waals surface area contributed by atoms with E-state index in [1.54, 1.807) is 31.5 Å². The summed E-state index contributed by atoms with van der Waals surface area (Å²) in [4.78, 5) is 11.3. The van der Waals surface area contributed by atoms with Gasteiger partial charge in [-0.05, 0) is 48.9 Å². The summed E-state index contributed by atoms with van der Waals surface area (Å²) in [5.74, 6) is -0.0528. The predicted molar refractivity (Wildman–Crippen MR) is 107 cm³/mol. The van der Waals surface area contributed by atoms with Gasteiger partial charge in [-0.3, -0.25) is 0 Å². The van der Waals surface area contributed by atoms with Crippen molar-refractivity contribution in [2.24, 2.45) is 0 Å². The number of benzene rings is 2. The number of alkyl halides is 3. The van der Waals surface area contributed by atoms with Crippen LogP contribution in [0.3, 0.4) is 0 Å². The minimum Gasteiger partial charge on any atom is -0.489 e. The smallest absolute Gasteiger partial charge is 0.419 e. The van der Waals surface area contributed by atoms with E-state index in [4.69, 9.17) is 9.26 Å². The van der Waals surface area contributed by atoms with Crippen LogP contribution in [0, 0.1) is 0 Å². The molecule has 0 spiro atoms. The van der Waals surface area contributed by atoms with Crippen LogP contribution in [0.2, 0.25) is 0 Å². The number of imidazole rings is 1. The van der Waals surface area contributed by atoms with Crippen LogP contribution in [0.25, 0.3) is 33.9 Å². The van der Waals surface area contributed by atoms with Gasteiger partial charge in [0.05, 0.1) is 22.9 Å². The van der Waals surface area contributed by atoms with E-state index in [1.807, 2.05) is 0 Å². The zero-order chi connectivity index (χ0) is 20.6. The van der Waals surface area contributed by atoms with Crippen molar-refractivity contribution in [3.63, 3.8) is 0 Å². The van der Waals surface area contributed by atoms with Crippen molar-refractivity contribution >= 4 is 23.4 Å². The van der Waals surface area contributed by atoms with E-state index in [2.05, 4.69) is 26.7 Å². The molecule has 2 aromatic heterocycles. The highest BCUT2D eigenvalue weighted by atomic mass is 35.5. The van der Waals surface area contributed by atoms with Crippen molar-refractivity contribution in [1.29, 1.82) is 0 Å². The molecule has 0 aliphatic heterocycles. The largest absolute Gasteiger partial charge is 0.489 e. The summed E-state index contributed by atoms with van der Waals surface area (Å²) in [6.45, 7) is 5.29. The Morgan fingerprint density at radius 1 is 1.17 bits per heavy atom. The number of rotatable bonds is 5. The Hall–Kier alpha value is -3.33. The van der Waals surface area contributed by atoms with Crippen LogP contribution >= 0.6 is 12.4 Å². The molecule has 0 aliphatic rings. The second kappa shape index (κ2) is 8.19. The molecule has 10 heteroatoms. The third-order valence-corrected chi connectivity index (χ3v) is 4.11. The maximum absolute atomic E-state index is 13.5. The highest BCUT2D eigenvalue weighted by Gasteiger charge is 2.35. The van der Waals surface area contributed by atoms with E-state index in [0.717, 1.165) is 17.1 Å². The van der Waals surface area contributed by atoms with E-state index in [1.165, 1.54) is 12.1 Å². The van der Waals surface area contributed by atoms with Crippen molar-refractivity contribution < 1.29 is 22.4 Å². The Balaban J connectivity index is 0.00000256. The standard InChI is InChI=1S/C20H15F3N4O2.ClH/c1-11(2)9-28-17-6-4-13(7-14(17)20(21,22)23)19-26-18(27-29-19)12-3-5-15-16(8-12)25-10-24-15;/h3-8,10H,1,9H2,2H3,(H,24,25);1H. The average molecular weight is 437 g/mol. The van der Waals surface area contributed by atoms with Crippen molar-refractivity contribution in [1.82, 2.24) is 20.1 Å². The second-order valence-corrected chi connectivity index (χ2v) is 6.51. The van der Waals surface area contributed by atoms with Crippen molar-refractivity contribution in [3.8, 4) is 28.6 Å². The Morgan fingerprint density at radius 3 is 2.67 bits per heavy atom. The number of H-pyrrole nitrogens is 1. The molecule has 1 N–H and O–H groups in total. The molecular weight excluding hydrogens is 421 g/mol. The fourth-order valence-corrected chi connectivity index (χ4v) is 2.74. The third kappa shape index (κ3) is 4.30. The fraction of sp³-hybridized carbons (Fsp3) is 0.150. The highest BCUT2D eigenvalue weighted by Crippen LogP contribution is 2.39. The molecule has 156 valence electrons. The van der Waals surface area contributed by atoms with Gasteiger partial charge in [-0.15, -0.1) is 12.4 Å². The van der Waals surface area contributed by atoms with E-state index in [-0.39, 0.29) is 42.0 Å². The lowest BCUT2D eigenvalue weighted by Gasteiger charge is -2.14. The zero-order valence-corrected chi connectivity index (χ0v) is 16.5. The normalized spacial score (nSPS) is 11.3. The molecule has 0 radical (unpaired) electrons. The van der Waals surface area contributed by atoms with Gasteiger partial charge >= 0.3 is 6.18 Å². The first-order valence-corrected chi connectivity index (χ1v) is 8.57. The third-order valence-electron chi connectivity index (χ3n) is 4.11. The predicted octanol–water partition coefficient (Wildman–Crippen LogP) is 5.68. The molecule has 6 nitrogen and oxygen atoms in total. The van der Waals surface area contributed by atoms with E-state index < -0.39 is 11.7 Å². The van der Waals surface area contributed by atoms with Crippen molar-refractivity contribution in [3.05, 3.63) is 60.4 Å². The van der Waals surface area contributed by atoms with E-state index in [0.29, 0.717) is 11.1 Å². The molecule has 0 bridgehead atoms. The van der Waals surface area contributed by atoms with Crippen molar-refractivity contribution in [2.45, 2.75) is 13.1 Å². The molecule has 0 unspecified atom stereocenters. The number of aromatic nitrogens is 4. The topological polar surface area (TPSA) is 76.8 Å². The average Bonchev–Trinajstić information content (AvgIpc) is 3.34. The Bertz CT molecular complexity index is 1200. The van der Waals surface area contributed by atoms with Crippen LogP contribution in [-0.4, -0.2) is 26.7 Å². The summed E-state index contributed by atoms with van der Waals surface area (Å²) in [7, 11) is 0. The number of aromatic amines is 1. The Kier molecular flexibility index (Phi) is 5.84. The second-order valence-electron chi connectivity index (χ2n) is 6.51. The molecule has 2 aromatic carbocycles. The maximum Gasteiger partial charge on any atom is 0.419 e. The minimum absolute atomic E-state index is 0. The Labute approximate surface area is 175 Å². The number of halogens is 4. The maximum atomic E-state index is 13.5. The van der Waals surface area contributed by atoms with Crippen LogP contribution in [0.1, 0.15) is 12.5 Å². The molecule has 0 saturated heterocycles. The molecule has 2 heterocycles. The van der Waals surface area contributed by atoms with Gasteiger partial charge in [-0.1, -0.05) is 11.7 Å². The zero-order valence-electron chi connectivity index (χ0n) is 15.7. The lowest BCUT2D eigenvalue weighted by molar-refractivity contribution is -0.138. The van der Waals surface area contributed by atoms with Crippen LogP contribution in [-0.2, 0) is 6.18 Å². The first kappa shape index (κ1) is 21.4. The van der Waals surface area contributed by atoms with Crippen LogP contribution in [0.15, 0.2) is 59.4 Å². The van der Waals surface area contributed by atoms with Gasteiger partial charge in [0, 0.05) is 11.1 Å². The lowest BCUT2D eigenvalue weighted by Crippen LogP contribution is -2.10. The summed E-state index contributed by atoms with van der Waals surface area (Å²) in [6.07, 6.45) is -3.04. The molecule has 30 heavy (non-hydrogen) atoms. The summed E-state index contributed by atoms with van der Waals surface area (Å²) < 4.78 is 50.9. The molecule has 0 fully saturated rings. The van der Waals surface area contributed by atoms with Crippen molar-refractivity contribution in [2.75, 3.05) is 6.61 Å². The van der Waals surface area contributed by atoms with Gasteiger partial charge in [-0.25, -0.2) is 4.98 Å². The summed E-state index contributed by atoms with van der Waals surface area (Å²) in [5.41, 5.74) is 2.04. The number of nitrogens with zero attached hydrogens (tertiary/aromatic N) is 3. The number of hydrogen-bond acceptors (Lipinski definition) is 5. The molecule has 0 amide bonds. The lowest BCUT2D eigenvalue weighted by atomic mass is 10.1. The molecule has 4 rings (SSSR count). The van der Waals surface area contributed by atoms with Gasteiger partial charge in [0.2, 0.25) is 5.82 Å².